The van der Waals surface area contributed by atoms with E-state index >= 15 is 0 Å². The molecule has 2 heterocycles. The molecule has 25 heavy (non-hydrogen) atoms. The second-order valence-electron chi connectivity index (χ2n) is 5.81. The summed E-state index contributed by atoms with van der Waals surface area (Å²) in [5, 5.41) is 4.95. The highest BCUT2D eigenvalue weighted by Crippen LogP contribution is 2.19. The van der Waals surface area contributed by atoms with E-state index in [4.69, 9.17) is 17.3 Å². The largest absolute Gasteiger partial charge is 0.370 e. The number of hydrogen-bond donors (Lipinski definition) is 1. The van der Waals surface area contributed by atoms with Crippen molar-refractivity contribution in [2.75, 3.05) is 37.6 Å². The van der Waals surface area contributed by atoms with E-state index in [-0.39, 0.29) is 24.0 Å². The molecule has 0 saturated carbocycles. The molecule has 3 rings (SSSR count). The highest BCUT2D eigenvalue weighted by atomic mass is 127. The summed E-state index contributed by atoms with van der Waals surface area (Å²) in [6, 6.07) is 9.91. The van der Waals surface area contributed by atoms with Crippen LogP contribution in [0.1, 0.15) is 6.42 Å². The van der Waals surface area contributed by atoms with Gasteiger partial charge in [-0.3, -0.25) is 9.67 Å². The van der Waals surface area contributed by atoms with E-state index in [1.54, 1.807) is 6.20 Å². The van der Waals surface area contributed by atoms with Gasteiger partial charge >= 0.3 is 0 Å². The van der Waals surface area contributed by atoms with Crippen LogP contribution in [0.25, 0.3) is 0 Å². The average molecular weight is 475 g/mol. The Balaban J connectivity index is 0.00000225. The molecule has 0 aliphatic carbocycles. The van der Waals surface area contributed by atoms with Gasteiger partial charge in [-0.15, -0.1) is 24.0 Å². The molecular weight excluding hydrogens is 451 g/mol. The standard InChI is InChI=1S/C17H23ClN6.HI/c18-15-3-5-16(6-4-15)22-11-13-23(14-12-22)17(19)20-7-1-9-24-10-2-8-21-24;/h2-6,8,10H,1,7,9,11-14H2,(H2,19,20);1H. The molecule has 0 amide bonds. The monoisotopic (exact) mass is 474 g/mol. The number of nitrogens with two attached hydrogens (primary N) is 1. The number of anilines is 1. The van der Waals surface area contributed by atoms with Crippen molar-refractivity contribution in [3.8, 4) is 0 Å². The maximum Gasteiger partial charge on any atom is 0.191 e. The highest BCUT2D eigenvalue weighted by molar-refractivity contribution is 14.0. The van der Waals surface area contributed by atoms with E-state index in [2.05, 4.69) is 32.0 Å². The van der Waals surface area contributed by atoms with Crippen LogP contribution in [-0.2, 0) is 6.54 Å². The van der Waals surface area contributed by atoms with Crippen LogP contribution in [0.15, 0.2) is 47.7 Å². The van der Waals surface area contributed by atoms with E-state index < -0.39 is 0 Å². The Morgan fingerprint density at radius 1 is 1.16 bits per heavy atom. The number of guanidine groups is 1. The number of aliphatic imine (C=N–C) groups is 1. The zero-order valence-corrected chi connectivity index (χ0v) is 17.2. The second kappa shape index (κ2) is 9.86. The zero-order valence-electron chi connectivity index (χ0n) is 14.1. The lowest BCUT2D eigenvalue weighted by molar-refractivity contribution is 0.380. The van der Waals surface area contributed by atoms with E-state index in [9.17, 15) is 0 Å². The molecule has 0 radical (unpaired) electrons. The molecule has 1 aliphatic rings. The lowest BCUT2D eigenvalue weighted by atomic mass is 10.2. The summed E-state index contributed by atoms with van der Waals surface area (Å²) in [6.45, 7) is 5.24. The Bertz CT molecular complexity index is 650. The van der Waals surface area contributed by atoms with Crippen LogP contribution in [0.2, 0.25) is 5.02 Å². The van der Waals surface area contributed by atoms with Crippen LogP contribution in [-0.4, -0.2) is 53.4 Å². The average Bonchev–Trinajstić information content (AvgIpc) is 3.13. The molecular formula is C17H24ClIN6. The number of nitrogens with zero attached hydrogens (tertiary/aromatic N) is 5. The van der Waals surface area contributed by atoms with Gasteiger partial charge in [-0.2, -0.15) is 5.10 Å². The van der Waals surface area contributed by atoms with Crippen molar-refractivity contribution in [3.63, 3.8) is 0 Å². The number of piperazine rings is 1. The minimum Gasteiger partial charge on any atom is -0.370 e. The lowest BCUT2D eigenvalue weighted by Gasteiger charge is -2.36. The number of benzene rings is 1. The predicted molar refractivity (Wildman–Crippen MR) is 114 cm³/mol. The Morgan fingerprint density at radius 2 is 1.88 bits per heavy atom. The fourth-order valence-corrected chi connectivity index (χ4v) is 2.93. The van der Waals surface area contributed by atoms with Crippen LogP contribution < -0.4 is 10.6 Å². The second-order valence-corrected chi connectivity index (χ2v) is 6.25. The van der Waals surface area contributed by atoms with E-state index in [1.807, 2.05) is 29.1 Å². The van der Waals surface area contributed by atoms with Crippen molar-refractivity contribution in [1.29, 1.82) is 0 Å². The number of rotatable bonds is 5. The summed E-state index contributed by atoms with van der Waals surface area (Å²) in [4.78, 5) is 9.00. The number of aromatic nitrogens is 2. The van der Waals surface area contributed by atoms with Crippen LogP contribution in [0.3, 0.4) is 0 Å². The van der Waals surface area contributed by atoms with Crippen molar-refractivity contribution in [2.24, 2.45) is 10.7 Å². The molecule has 2 N–H and O–H groups in total. The molecule has 8 heteroatoms. The molecule has 2 aromatic rings. The predicted octanol–water partition coefficient (Wildman–Crippen LogP) is 2.68. The van der Waals surface area contributed by atoms with Gasteiger partial charge in [0.1, 0.15) is 0 Å². The summed E-state index contributed by atoms with van der Waals surface area (Å²) >= 11 is 5.94. The molecule has 0 spiro atoms. The topological polar surface area (TPSA) is 62.7 Å². The smallest absolute Gasteiger partial charge is 0.191 e. The quantitative estimate of drug-likeness (QED) is 0.313. The molecule has 1 saturated heterocycles. The first-order chi connectivity index (χ1) is 11.7. The third-order valence-electron chi connectivity index (χ3n) is 4.17. The van der Waals surface area contributed by atoms with Gasteiger partial charge in [-0.05, 0) is 36.8 Å². The molecule has 1 aliphatic heterocycles. The molecule has 0 atom stereocenters. The van der Waals surface area contributed by atoms with Crippen LogP contribution in [0.5, 0.6) is 0 Å². The molecule has 6 nitrogen and oxygen atoms in total. The Kier molecular flexibility index (Phi) is 7.83. The third-order valence-corrected chi connectivity index (χ3v) is 4.43. The number of aryl methyl sites for hydroxylation is 1. The van der Waals surface area contributed by atoms with Gasteiger partial charge in [-0.25, -0.2) is 0 Å². The van der Waals surface area contributed by atoms with Gasteiger partial charge in [0.2, 0.25) is 0 Å². The summed E-state index contributed by atoms with van der Waals surface area (Å²) in [6.07, 6.45) is 4.69. The summed E-state index contributed by atoms with van der Waals surface area (Å²) < 4.78 is 1.91. The SMILES string of the molecule is I.NC(=NCCCn1cccn1)N1CCN(c2ccc(Cl)cc2)CC1. The third kappa shape index (κ3) is 5.78. The minimum absolute atomic E-state index is 0. The first kappa shape index (κ1) is 19.8. The van der Waals surface area contributed by atoms with E-state index in [1.165, 1.54) is 5.69 Å². The van der Waals surface area contributed by atoms with E-state index in [0.717, 1.165) is 50.7 Å². The zero-order chi connectivity index (χ0) is 16.8. The molecule has 0 bridgehead atoms. The van der Waals surface area contributed by atoms with Gasteiger partial charge in [0.15, 0.2) is 5.96 Å². The van der Waals surface area contributed by atoms with Gasteiger partial charge in [0.25, 0.3) is 0 Å². The summed E-state index contributed by atoms with van der Waals surface area (Å²) in [7, 11) is 0. The summed E-state index contributed by atoms with van der Waals surface area (Å²) in [5.74, 6) is 0.645. The molecule has 0 unspecified atom stereocenters. The normalized spacial score (nSPS) is 15.2. The van der Waals surface area contributed by atoms with Crippen molar-refractivity contribution < 1.29 is 0 Å². The maximum atomic E-state index is 6.13. The van der Waals surface area contributed by atoms with Crippen LogP contribution in [0.4, 0.5) is 5.69 Å². The van der Waals surface area contributed by atoms with Crippen LogP contribution in [0, 0.1) is 0 Å². The Morgan fingerprint density at radius 3 is 2.52 bits per heavy atom. The van der Waals surface area contributed by atoms with Gasteiger partial charge in [0, 0.05) is 62.4 Å². The fourth-order valence-electron chi connectivity index (χ4n) is 2.80. The van der Waals surface area contributed by atoms with Crippen molar-refractivity contribution >= 4 is 47.2 Å². The highest BCUT2D eigenvalue weighted by Gasteiger charge is 2.18. The molecule has 1 fully saturated rings. The number of halogens is 2. The van der Waals surface area contributed by atoms with Gasteiger partial charge in [0.05, 0.1) is 0 Å². The first-order valence-electron chi connectivity index (χ1n) is 8.25. The number of hydrogen-bond acceptors (Lipinski definition) is 3. The lowest BCUT2D eigenvalue weighted by Crippen LogP contribution is -2.51. The van der Waals surface area contributed by atoms with Crippen LogP contribution >= 0.6 is 35.6 Å². The maximum absolute atomic E-state index is 6.13. The van der Waals surface area contributed by atoms with Gasteiger partial charge < -0.3 is 15.5 Å². The first-order valence-corrected chi connectivity index (χ1v) is 8.63. The summed E-state index contributed by atoms with van der Waals surface area (Å²) in [5.41, 5.74) is 7.33. The fraction of sp³-hybridized carbons (Fsp3) is 0.412. The van der Waals surface area contributed by atoms with Crippen molar-refractivity contribution in [1.82, 2.24) is 14.7 Å². The van der Waals surface area contributed by atoms with Gasteiger partial charge in [-0.1, -0.05) is 11.6 Å². The minimum atomic E-state index is 0. The van der Waals surface area contributed by atoms with E-state index in [0.29, 0.717) is 5.96 Å². The van der Waals surface area contributed by atoms with Crippen molar-refractivity contribution in [3.05, 3.63) is 47.7 Å². The Labute approximate surface area is 170 Å². The Hall–Kier alpha value is -1.48. The van der Waals surface area contributed by atoms with Crippen molar-refractivity contribution in [2.45, 2.75) is 13.0 Å². The molecule has 1 aromatic carbocycles. The molecule has 136 valence electrons. The molecule has 1 aromatic heterocycles.